The fourth-order valence-electron chi connectivity index (χ4n) is 2.62. The Kier molecular flexibility index (Phi) is 4.18. The summed E-state index contributed by atoms with van der Waals surface area (Å²) in [6, 6.07) is 10.2. The van der Waals surface area contributed by atoms with Crippen molar-refractivity contribution in [2.75, 3.05) is 26.2 Å². The number of nitrogens with zero attached hydrogens (tertiary/aromatic N) is 2. The molecule has 0 aliphatic carbocycles. The third kappa shape index (κ3) is 3.12. The Morgan fingerprint density at radius 1 is 1.00 bits per heavy atom. The molecule has 1 aliphatic rings. The van der Waals surface area contributed by atoms with Gasteiger partial charge in [0.2, 0.25) is 10.0 Å². The minimum atomic E-state index is -3.63. The van der Waals surface area contributed by atoms with E-state index in [1.165, 1.54) is 9.21 Å². The summed E-state index contributed by atoms with van der Waals surface area (Å²) in [6.45, 7) is 0.677. The van der Waals surface area contributed by atoms with E-state index in [-0.39, 0.29) is 31.1 Å². The smallest absolute Gasteiger partial charge is 0.407 e. The van der Waals surface area contributed by atoms with Crippen LogP contribution in [0.4, 0.5) is 4.79 Å². The summed E-state index contributed by atoms with van der Waals surface area (Å²) in [7, 11) is -3.63. The fraction of sp³-hybridized carbons (Fsp3) is 0.267. The number of hydrogen-bond donors (Lipinski definition) is 1. The van der Waals surface area contributed by atoms with Gasteiger partial charge in [-0.1, -0.05) is 23.7 Å². The van der Waals surface area contributed by atoms with E-state index >= 15 is 0 Å². The van der Waals surface area contributed by atoms with Gasteiger partial charge in [0.1, 0.15) is 0 Å². The van der Waals surface area contributed by atoms with Crippen LogP contribution in [0.25, 0.3) is 10.8 Å². The third-order valence-corrected chi connectivity index (χ3v) is 6.05. The average molecular weight is 355 g/mol. The van der Waals surface area contributed by atoms with E-state index in [4.69, 9.17) is 16.7 Å². The van der Waals surface area contributed by atoms with Gasteiger partial charge in [-0.05, 0) is 35.0 Å². The standard InChI is InChI=1S/C15H15ClN2O4S/c16-13-3-1-12-10-14(4-2-11(12)9-13)23(21,22)18-7-5-17(6-8-18)15(19)20/h1-4,9-10H,5-8H2,(H,19,20). The molecule has 0 saturated carbocycles. The maximum absolute atomic E-state index is 12.7. The van der Waals surface area contributed by atoms with Gasteiger partial charge in [-0.3, -0.25) is 0 Å². The number of hydrogen-bond acceptors (Lipinski definition) is 3. The van der Waals surface area contributed by atoms with Crippen LogP contribution >= 0.6 is 11.6 Å². The van der Waals surface area contributed by atoms with Gasteiger partial charge in [0, 0.05) is 31.2 Å². The highest BCUT2D eigenvalue weighted by atomic mass is 35.5. The van der Waals surface area contributed by atoms with Gasteiger partial charge >= 0.3 is 6.09 Å². The topological polar surface area (TPSA) is 77.9 Å². The van der Waals surface area contributed by atoms with E-state index in [1.54, 1.807) is 36.4 Å². The lowest BCUT2D eigenvalue weighted by Gasteiger charge is -2.32. The Balaban J connectivity index is 1.88. The van der Waals surface area contributed by atoms with E-state index in [1.807, 2.05) is 0 Å². The van der Waals surface area contributed by atoms with Gasteiger partial charge in [0.15, 0.2) is 0 Å². The van der Waals surface area contributed by atoms with E-state index in [9.17, 15) is 13.2 Å². The van der Waals surface area contributed by atoms with E-state index in [2.05, 4.69) is 0 Å². The minimum absolute atomic E-state index is 0.160. The summed E-state index contributed by atoms with van der Waals surface area (Å²) in [5.41, 5.74) is 0. The minimum Gasteiger partial charge on any atom is -0.465 e. The molecule has 1 N–H and O–H groups in total. The Morgan fingerprint density at radius 2 is 1.61 bits per heavy atom. The van der Waals surface area contributed by atoms with Crippen molar-refractivity contribution in [2.24, 2.45) is 0 Å². The molecular weight excluding hydrogens is 340 g/mol. The lowest BCUT2D eigenvalue weighted by molar-refractivity contribution is 0.126. The Morgan fingerprint density at radius 3 is 2.26 bits per heavy atom. The predicted octanol–water partition coefficient (Wildman–Crippen LogP) is 2.48. The number of fused-ring (bicyclic) bond motifs is 1. The lowest BCUT2D eigenvalue weighted by Crippen LogP contribution is -2.50. The Hall–Kier alpha value is -1.83. The van der Waals surface area contributed by atoms with Crippen molar-refractivity contribution in [3.63, 3.8) is 0 Å². The zero-order valence-corrected chi connectivity index (χ0v) is 13.7. The Labute approximate surface area is 138 Å². The predicted molar refractivity (Wildman–Crippen MR) is 87.3 cm³/mol. The van der Waals surface area contributed by atoms with Gasteiger partial charge in [-0.15, -0.1) is 0 Å². The van der Waals surface area contributed by atoms with Crippen molar-refractivity contribution in [1.29, 1.82) is 0 Å². The highest BCUT2D eigenvalue weighted by molar-refractivity contribution is 7.89. The number of benzene rings is 2. The molecule has 1 heterocycles. The number of rotatable bonds is 2. The zero-order valence-electron chi connectivity index (χ0n) is 12.1. The van der Waals surface area contributed by atoms with Crippen molar-refractivity contribution >= 4 is 38.5 Å². The van der Waals surface area contributed by atoms with Crippen LogP contribution in [0.5, 0.6) is 0 Å². The Bertz CT molecular complexity index is 861. The summed E-state index contributed by atoms with van der Waals surface area (Å²) in [5, 5.41) is 11.2. The first-order chi connectivity index (χ1) is 10.9. The monoisotopic (exact) mass is 354 g/mol. The van der Waals surface area contributed by atoms with Gasteiger partial charge in [0.05, 0.1) is 4.90 Å². The maximum atomic E-state index is 12.7. The second-order valence-corrected chi connectivity index (χ2v) is 7.70. The van der Waals surface area contributed by atoms with Crippen LogP contribution in [0.2, 0.25) is 5.02 Å². The van der Waals surface area contributed by atoms with Gasteiger partial charge in [0.25, 0.3) is 0 Å². The molecule has 0 aromatic heterocycles. The number of piperazine rings is 1. The summed E-state index contributed by atoms with van der Waals surface area (Å²) in [4.78, 5) is 12.3. The summed E-state index contributed by atoms with van der Waals surface area (Å²) in [6.07, 6.45) is -1.02. The SMILES string of the molecule is O=C(O)N1CCN(S(=O)(=O)c2ccc3cc(Cl)ccc3c2)CC1. The quantitative estimate of drug-likeness (QED) is 0.898. The summed E-state index contributed by atoms with van der Waals surface area (Å²) < 4.78 is 26.7. The van der Waals surface area contributed by atoms with Crippen molar-refractivity contribution < 1.29 is 18.3 Å². The number of amides is 1. The highest BCUT2D eigenvalue weighted by Gasteiger charge is 2.30. The van der Waals surface area contributed by atoms with Crippen molar-refractivity contribution in [3.05, 3.63) is 41.4 Å². The summed E-state index contributed by atoms with van der Waals surface area (Å²) >= 11 is 5.93. The van der Waals surface area contributed by atoms with Crippen LogP contribution < -0.4 is 0 Å². The fourth-order valence-corrected chi connectivity index (χ4v) is 4.26. The number of halogens is 1. The van der Waals surface area contributed by atoms with Gasteiger partial charge < -0.3 is 10.0 Å². The normalized spacial score (nSPS) is 16.7. The van der Waals surface area contributed by atoms with Crippen molar-refractivity contribution in [2.45, 2.75) is 4.90 Å². The van der Waals surface area contributed by atoms with Crippen LogP contribution in [-0.2, 0) is 10.0 Å². The van der Waals surface area contributed by atoms with Crippen molar-refractivity contribution in [1.82, 2.24) is 9.21 Å². The zero-order chi connectivity index (χ0) is 16.6. The van der Waals surface area contributed by atoms with Crippen molar-refractivity contribution in [3.8, 4) is 0 Å². The average Bonchev–Trinajstić information content (AvgIpc) is 2.54. The molecule has 23 heavy (non-hydrogen) atoms. The molecule has 2 aromatic rings. The number of carbonyl (C=O) groups is 1. The molecule has 2 aromatic carbocycles. The van der Waals surface area contributed by atoms with Gasteiger partial charge in [-0.25, -0.2) is 13.2 Å². The largest absolute Gasteiger partial charge is 0.465 e. The molecule has 3 rings (SSSR count). The third-order valence-electron chi connectivity index (χ3n) is 3.92. The molecule has 0 unspecified atom stereocenters. The van der Waals surface area contributed by atoms with Gasteiger partial charge in [-0.2, -0.15) is 4.31 Å². The van der Waals surface area contributed by atoms with E-state index in [0.29, 0.717) is 5.02 Å². The summed E-state index contributed by atoms with van der Waals surface area (Å²) in [5.74, 6) is 0. The van der Waals surface area contributed by atoms with Crippen LogP contribution in [-0.4, -0.2) is 55.0 Å². The second kappa shape index (κ2) is 5.99. The second-order valence-electron chi connectivity index (χ2n) is 5.33. The van der Waals surface area contributed by atoms with E-state index in [0.717, 1.165) is 10.8 Å². The first kappa shape index (κ1) is 16.0. The molecule has 0 spiro atoms. The molecular formula is C15H15ClN2O4S. The molecule has 8 heteroatoms. The molecule has 122 valence electrons. The highest BCUT2D eigenvalue weighted by Crippen LogP contribution is 2.25. The van der Waals surface area contributed by atoms with Crippen LogP contribution in [0.1, 0.15) is 0 Å². The molecule has 6 nitrogen and oxygen atoms in total. The number of sulfonamides is 1. The maximum Gasteiger partial charge on any atom is 0.407 e. The van der Waals surface area contributed by atoms with Crippen LogP contribution in [0.15, 0.2) is 41.3 Å². The van der Waals surface area contributed by atoms with Crippen LogP contribution in [0.3, 0.4) is 0 Å². The molecule has 0 radical (unpaired) electrons. The first-order valence-corrected chi connectivity index (χ1v) is 8.87. The molecule has 0 bridgehead atoms. The lowest BCUT2D eigenvalue weighted by atomic mass is 10.1. The molecule has 1 fully saturated rings. The molecule has 1 amide bonds. The number of carboxylic acid groups (broad SMARTS) is 1. The molecule has 1 saturated heterocycles. The molecule has 1 aliphatic heterocycles. The van der Waals surface area contributed by atoms with E-state index < -0.39 is 16.1 Å². The molecule has 0 atom stereocenters. The van der Waals surface area contributed by atoms with Crippen LogP contribution in [0, 0.1) is 0 Å². The first-order valence-electron chi connectivity index (χ1n) is 7.05.